The largest absolute Gasteiger partial charge is 0.346 e. The number of amides is 2. The van der Waals surface area contributed by atoms with Crippen LogP contribution >= 0.6 is 15.9 Å². The van der Waals surface area contributed by atoms with Gasteiger partial charge in [0.2, 0.25) is 11.8 Å². The first kappa shape index (κ1) is 17.5. The lowest BCUT2D eigenvalue weighted by molar-refractivity contribution is -0.124. The monoisotopic (exact) mass is 366 g/mol. The second kappa shape index (κ2) is 7.44. The Morgan fingerprint density at radius 2 is 1.81 bits per heavy atom. The Hall–Kier alpha value is -1.57. The van der Waals surface area contributed by atoms with Crippen LogP contribution in [0.1, 0.15) is 13.8 Å². The highest BCUT2D eigenvalue weighted by molar-refractivity contribution is 9.10. The summed E-state index contributed by atoms with van der Waals surface area (Å²) in [5.41, 5.74) is -0.493. The molecule has 2 amide bonds. The van der Waals surface area contributed by atoms with Crippen molar-refractivity contribution in [2.24, 2.45) is 5.92 Å². The van der Waals surface area contributed by atoms with Crippen molar-refractivity contribution in [3.05, 3.63) is 29.6 Å². The minimum Gasteiger partial charge on any atom is -0.346 e. The Labute approximate surface area is 128 Å². The van der Waals surface area contributed by atoms with Gasteiger partial charge < -0.3 is 10.6 Å². The summed E-state index contributed by atoms with van der Waals surface area (Å²) >= 11 is 3.16. The standard InChI is InChI=1S/C13H14BrF3N2O2/c1-6(2)10(14)13(21)18-5-9(20)19-8-4-3-7(15)11(16)12(8)17/h3-4,6,10H,5H2,1-2H3,(H,18,21)(H,19,20). The number of carbonyl (C=O) groups excluding carboxylic acids is 2. The molecule has 21 heavy (non-hydrogen) atoms. The zero-order valence-corrected chi connectivity index (χ0v) is 12.9. The van der Waals surface area contributed by atoms with Gasteiger partial charge in [-0.15, -0.1) is 0 Å². The van der Waals surface area contributed by atoms with Crippen LogP contribution in [0, 0.1) is 23.4 Å². The first-order valence-electron chi connectivity index (χ1n) is 6.09. The van der Waals surface area contributed by atoms with Gasteiger partial charge in [0.1, 0.15) is 0 Å². The first-order valence-corrected chi connectivity index (χ1v) is 7.00. The lowest BCUT2D eigenvalue weighted by atomic mass is 10.1. The van der Waals surface area contributed by atoms with Crippen LogP contribution in [0.4, 0.5) is 18.9 Å². The van der Waals surface area contributed by atoms with Crippen LogP contribution in [0.15, 0.2) is 12.1 Å². The number of carbonyl (C=O) groups is 2. The van der Waals surface area contributed by atoms with Gasteiger partial charge in [-0.2, -0.15) is 0 Å². The Balaban J connectivity index is 2.59. The van der Waals surface area contributed by atoms with E-state index in [2.05, 4.69) is 26.6 Å². The highest BCUT2D eigenvalue weighted by atomic mass is 79.9. The Morgan fingerprint density at radius 3 is 2.38 bits per heavy atom. The summed E-state index contributed by atoms with van der Waals surface area (Å²) in [6, 6.07) is 1.59. The van der Waals surface area contributed by atoms with Gasteiger partial charge in [0.15, 0.2) is 17.5 Å². The third-order valence-electron chi connectivity index (χ3n) is 2.57. The molecule has 1 aromatic carbocycles. The van der Waals surface area contributed by atoms with Crippen LogP contribution in [0.2, 0.25) is 0 Å². The van der Waals surface area contributed by atoms with Gasteiger partial charge in [0.05, 0.1) is 17.1 Å². The van der Waals surface area contributed by atoms with Gasteiger partial charge in [-0.3, -0.25) is 9.59 Å². The summed E-state index contributed by atoms with van der Waals surface area (Å²) < 4.78 is 39.0. The molecule has 0 saturated carbocycles. The fourth-order valence-electron chi connectivity index (χ4n) is 1.38. The minimum absolute atomic E-state index is 0.0247. The lowest BCUT2D eigenvalue weighted by Crippen LogP contribution is -2.39. The van der Waals surface area contributed by atoms with Crippen LogP contribution in [0.3, 0.4) is 0 Å². The zero-order valence-electron chi connectivity index (χ0n) is 11.3. The molecule has 0 aliphatic rings. The van der Waals surface area contributed by atoms with Crippen LogP contribution in [-0.4, -0.2) is 23.2 Å². The predicted octanol–water partition coefficient (Wildman–Crippen LogP) is 2.58. The maximum absolute atomic E-state index is 13.3. The maximum Gasteiger partial charge on any atom is 0.243 e. The zero-order chi connectivity index (χ0) is 16.2. The van der Waals surface area contributed by atoms with Crippen molar-refractivity contribution < 1.29 is 22.8 Å². The molecule has 0 fully saturated rings. The number of halogens is 4. The lowest BCUT2D eigenvalue weighted by Gasteiger charge is -2.13. The molecule has 1 unspecified atom stereocenters. The normalized spacial score (nSPS) is 12.1. The fourth-order valence-corrected chi connectivity index (χ4v) is 1.55. The molecule has 0 heterocycles. The SMILES string of the molecule is CC(C)C(Br)C(=O)NCC(=O)Nc1ccc(F)c(F)c1F. The Morgan fingerprint density at radius 1 is 1.19 bits per heavy atom. The van der Waals surface area contributed by atoms with Crippen LogP contribution in [0.5, 0.6) is 0 Å². The molecule has 0 aromatic heterocycles. The number of hydrogen-bond donors (Lipinski definition) is 2. The van der Waals surface area contributed by atoms with Gasteiger partial charge in [-0.25, -0.2) is 13.2 Å². The molecule has 0 saturated heterocycles. The van der Waals surface area contributed by atoms with Crippen molar-refractivity contribution in [2.75, 3.05) is 11.9 Å². The van der Waals surface area contributed by atoms with E-state index in [1.165, 1.54) is 0 Å². The number of alkyl halides is 1. The van der Waals surface area contributed by atoms with Gasteiger partial charge in [0, 0.05) is 0 Å². The summed E-state index contributed by atoms with van der Waals surface area (Å²) in [7, 11) is 0. The number of rotatable bonds is 5. The molecule has 116 valence electrons. The molecule has 0 bridgehead atoms. The molecule has 0 aliphatic carbocycles. The van der Waals surface area contributed by atoms with Gasteiger partial charge in [0.25, 0.3) is 0 Å². The van der Waals surface area contributed by atoms with E-state index in [4.69, 9.17) is 0 Å². The summed E-state index contributed by atoms with van der Waals surface area (Å²) in [5, 5.41) is 4.39. The minimum atomic E-state index is -1.67. The summed E-state index contributed by atoms with van der Waals surface area (Å²) in [6.07, 6.45) is 0. The number of hydrogen-bond acceptors (Lipinski definition) is 2. The molecule has 4 nitrogen and oxygen atoms in total. The third-order valence-corrected chi connectivity index (χ3v) is 4.04. The van der Waals surface area contributed by atoms with Crippen LogP contribution < -0.4 is 10.6 Å². The summed E-state index contributed by atoms with van der Waals surface area (Å²) in [4.78, 5) is 22.7. The molecule has 0 radical (unpaired) electrons. The van der Waals surface area contributed by atoms with E-state index >= 15 is 0 Å². The number of nitrogens with one attached hydrogen (secondary N) is 2. The van der Waals surface area contributed by atoms with E-state index in [0.717, 1.165) is 6.07 Å². The van der Waals surface area contributed by atoms with Crippen molar-refractivity contribution in [1.82, 2.24) is 5.32 Å². The van der Waals surface area contributed by atoms with E-state index in [1.54, 1.807) is 0 Å². The van der Waals surface area contributed by atoms with Gasteiger partial charge in [-0.05, 0) is 18.1 Å². The van der Waals surface area contributed by atoms with Crippen LogP contribution in [0.25, 0.3) is 0 Å². The average molecular weight is 367 g/mol. The molecule has 1 aromatic rings. The predicted molar refractivity (Wildman–Crippen MR) is 75.5 cm³/mol. The highest BCUT2D eigenvalue weighted by Gasteiger charge is 2.20. The Kier molecular flexibility index (Phi) is 6.19. The van der Waals surface area contributed by atoms with E-state index < -0.39 is 46.3 Å². The van der Waals surface area contributed by atoms with Crippen molar-refractivity contribution in [1.29, 1.82) is 0 Å². The van der Waals surface area contributed by atoms with Gasteiger partial charge >= 0.3 is 0 Å². The number of benzene rings is 1. The Bertz CT molecular complexity index is 552. The maximum atomic E-state index is 13.3. The second-order valence-corrected chi connectivity index (χ2v) is 5.62. The molecular formula is C13H14BrF3N2O2. The summed E-state index contributed by atoms with van der Waals surface area (Å²) in [6.45, 7) is 3.22. The quantitative estimate of drug-likeness (QED) is 0.621. The molecule has 1 atom stereocenters. The molecule has 8 heteroatoms. The van der Waals surface area contributed by atoms with E-state index in [-0.39, 0.29) is 5.92 Å². The van der Waals surface area contributed by atoms with E-state index in [1.807, 2.05) is 13.8 Å². The van der Waals surface area contributed by atoms with E-state index in [9.17, 15) is 22.8 Å². The molecule has 0 spiro atoms. The average Bonchev–Trinajstić information content (AvgIpc) is 2.44. The second-order valence-electron chi connectivity index (χ2n) is 4.63. The van der Waals surface area contributed by atoms with Crippen molar-refractivity contribution in [3.8, 4) is 0 Å². The topological polar surface area (TPSA) is 58.2 Å². The van der Waals surface area contributed by atoms with Gasteiger partial charge in [-0.1, -0.05) is 29.8 Å². The molecule has 0 aliphatic heterocycles. The smallest absolute Gasteiger partial charge is 0.243 e. The van der Waals surface area contributed by atoms with E-state index in [0.29, 0.717) is 6.07 Å². The summed E-state index contributed by atoms with van der Waals surface area (Å²) in [5.74, 6) is -5.63. The molecule has 1 rings (SSSR count). The fraction of sp³-hybridized carbons (Fsp3) is 0.385. The van der Waals surface area contributed by atoms with Crippen molar-refractivity contribution in [3.63, 3.8) is 0 Å². The molecule has 2 N–H and O–H groups in total. The number of anilines is 1. The van der Waals surface area contributed by atoms with Crippen LogP contribution in [-0.2, 0) is 9.59 Å². The molecular weight excluding hydrogens is 353 g/mol. The first-order chi connectivity index (χ1) is 9.73. The van der Waals surface area contributed by atoms with Crippen molar-refractivity contribution in [2.45, 2.75) is 18.7 Å². The highest BCUT2D eigenvalue weighted by Crippen LogP contribution is 2.19. The van der Waals surface area contributed by atoms with Crippen molar-refractivity contribution >= 4 is 33.4 Å². The third kappa shape index (κ3) is 4.73.